The molecule has 0 fully saturated rings. The number of rotatable bonds is 3. The molecule has 0 aromatic carbocycles. The van der Waals surface area contributed by atoms with Crippen LogP contribution in [-0.4, -0.2) is 32.1 Å². The van der Waals surface area contributed by atoms with Crippen LogP contribution >= 0.6 is 0 Å². The molecule has 0 heterocycles. The summed E-state index contributed by atoms with van der Waals surface area (Å²) in [5.41, 5.74) is 2.55. The van der Waals surface area contributed by atoms with Crippen LogP contribution in [0.1, 0.15) is 0 Å². The van der Waals surface area contributed by atoms with Crippen LogP contribution in [0.5, 0.6) is 0 Å². The molecule has 4 heteroatoms. The molecule has 0 aliphatic heterocycles. The molecule has 0 radical (unpaired) electrons. The van der Waals surface area contributed by atoms with E-state index in [0.717, 1.165) is 0 Å². The molecule has 50 valence electrons. The highest BCUT2D eigenvalue weighted by Gasteiger charge is 2.03. The van der Waals surface area contributed by atoms with Crippen LogP contribution in [0, 0.1) is 0 Å². The van der Waals surface area contributed by atoms with Gasteiger partial charge < -0.3 is 0 Å². The van der Waals surface area contributed by atoms with E-state index >= 15 is 0 Å². The molecule has 0 aliphatic carbocycles. The van der Waals surface area contributed by atoms with Crippen LogP contribution in [-0.2, 0) is 0 Å². The molecule has 0 bridgehead atoms. The molecule has 0 saturated carbocycles. The molecule has 0 rings (SSSR count). The maximum atomic E-state index is 11.4. The normalized spacial score (nSPS) is 11.2. The Morgan fingerprint density at radius 1 is 1.62 bits per heavy atom. The third-order valence-electron chi connectivity index (χ3n) is 0.794. The van der Waals surface area contributed by atoms with E-state index in [1.54, 1.807) is 14.1 Å². The smallest absolute Gasteiger partial charge is 0.252 e. The lowest BCUT2D eigenvalue weighted by Crippen LogP contribution is -2.34. The van der Waals surface area contributed by atoms with Crippen molar-refractivity contribution in [2.75, 3.05) is 20.6 Å². The summed E-state index contributed by atoms with van der Waals surface area (Å²) >= 11 is 0. The number of hydrogen-bond acceptors (Lipinski definition) is 2. The number of halogens is 2. The Labute approximate surface area is 47.4 Å². The van der Waals surface area contributed by atoms with E-state index in [-0.39, 0.29) is 6.54 Å². The molecule has 2 nitrogen and oxygen atoms in total. The van der Waals surface area contributed by atoms with E-state index in [2.05, 4.69) is 5.43 Å². The Kier molecular flexibility index (Phi) is 3.64. The average Bonchev–Trinajstić information content (AvgIpc) is 1.65. The van der Waals surface area contributed by atoms with Crippen LogP contribution in [0.2, 0.25) is 0 Å². The van der Waals surface area contributed by atoms with Gasteiger partial charge >= 0.3 is 0 Å². The topological polar surface area (TPSA) is 15.3 Å². The molecule has 0 spiro atoms. The van der Waals surface area contributed by atoms with E-state index < -0.39 is 6.43 Å². The third-order valence-corrected chi connectivity index (χ3v) is 0.794. The van der Waals surface area contributed by atoms with Crippen molar-refractivity contribution in [2.24, 2.45) is 0 Å². The van der Waals surface area contributed by atoms with E-state index in [0.29, 0.717) is 0 Å². The molecule has 0 aromatic heterocycles. The number of hydrazine groups is 1. The largest absolute Gasteiger partial charge is 0.258 e. The second-order valence-electron chi connectivity index (χ2n) is 1.50. The molecule has 0 amide bonds. The van der Waals surface area contributed by atoms with Gasteiger partial charge in [-0.05, 0) is 7.05 Å². The van der Waals surface area contributed by atoms with Crippen LogP contribution < -0.4 is 5.43 Å². The Bertz CT molecular complexity index is 58.0. The highest BCUT2D eigenvalue weighted by Crippen LogP contribution is 1.90. The van der Waals surface area contributed by atoms with Crippen LogP contribution in [0.3, 0.4) is 0 Å². The minimum absolute atomic E-state index is 0.226. The summed E-state index contributed by atoms with van der Waals surface area (Å²) in [4.78, 5) is 0. The van der Waals surface area contributed by atoms with Gasteiger partial charge in [0.1, 0.15) is 0 Å². The molecule has 0 unspecified atom stereocenters. The molecular weight excluding hydrogens is 114 g/mol. The van der Waals surface area contributed by atoms with Gasteiger partial charge in [-0.3, -0.25) is 5.43 Å². The van der Waals surface area contributed by atoms with Crippen molar-refractivity contribution in [3.05, 3.63) is 0 Å². The van der Waals surface area contributed by atoms with E-state index in [1.165, 1.54) is 5.01 Å². The standard InChI is InChI=1S/C4H10F2N2/c1-7-8(2)3-4(5)6/h4,7H,3H2,1-2H3. The van der Waals surface area contributed by atoms with Crippen LogP contribution in [0.4, 0.5) is 8.78 Å². The van der Waals surface area contributed by atoms with Gasteiger partial charge in [-0.25, -0.2) is 13.8 Å². The fourth-order valence-electron chi connectivity index (χ4n) is 0.298. The zero-order valence-electron chi connectivity index (χ0n) is 4.99. The van der Waals surface area contributed by atoms with E-state index in [9.17, 15) is 8.78 Å². The molecule has 0 aromatic rings. The summed E-state index contributed by atoms with van der Waals surface area (Å²) in [7, 11) is 3.16. The highest BCUT2D eigenvalue weighted by atomic mass is 19.3. The molecular formula is C4H10F2N2. The molecule has 8 heavy (non-hydrogen) atoms. The number of nitrogens with one attached hydrogen (secondary N) is 1. The molecule has 0 aliphatic rings. The van der Waals surface area contributed by atoms with Crippen molar-refractivity contribution >= 4 is 0 Å². The van der Waals surface area contributed by atoms with Gasteiger partial charge in [0.25, 0.3) is 6.43 Å². The predicted octanol–water partition coefficient (Wildman–Crippen LogP) is 0.318. The highest BCUT2D eigenvalue weighted by molar-refractivity contribution is 4.42. The minimum atomic E-state index is -2.26. The van der Waals surface area contributed by atoms with Crippen molar-refractivity contribution in [1.82, 2.24) is 10.4 Å². The maximum absolute atomic E-state index is 11.4. The molecule has 1 N–H and O–H groups in total. The van der Waals surface area contributed by atoms with Gasteiger partial charge in [0, 0.05) is 7.05 Å². The first-order chi connectivity index (χ1) is 3.66. The summed E-state index contributed by atoms with van der Waals surface area (Å²) in [5.74, 6) is 0. The van der Waals surface area contributed by atoms with Crippen molar-refractivity contribution in [3.63, 3.8) is 0 Å². The lowest BCUT2D eigenvalue weighted by Gasteiger charge is -2.12. The minimum Gasteiger partial charge on any atom is -0.258 e. The van der Waals surface area contributed by atoms with Gasteiger partial charge in [0.05, 0.1) is 6.54 Å². The van der Waals surface area contributed by atoms with Gasteiger partial charge in [-0.2, -0.15) is 0 Å². The summed E-state index contributed by atoms with van der Waals surface area (Å²) in [6, 6.07) is 0. The first-order valence-corrected chi connectivity index (χ1v) is 2.33. The summed E-state index contributed by atoms with van der Waals surface area (Å²) in [6.45, 7) is -0.226. The predicted molar refractivity (Wildman–Crippen MR) is 27.7 cm³/mol. The second kappa shape index (κ2) is 3.74. The average molecular weight is 124 g/mol. The van der Waals surface area contributed by atoms with E-state index in [1.807, 2.05) is 0 Å². The number of nitrogens with zero attached hydrogens (tertiary/aromatic N) is 1. The summed E-state index contributed by atoms with van der Waals surface area (Å²) < 4.78 is 22.8. The van der Waals surface area contributed by atoms with Gasteiger partial charge in [0.2, 0.25) is 0 Å². The second-order valence-corrected chi connectivity index (χ2v) is 1.50. The zero-order valence-corrected chi connectivity index (χ0v) is 4.99. The molecule has 0 atom stereocenters. The van der Waals surface area contributed by atoms with Crippen molar-refractivity contribution in [2.45, 2.75) is 6.43 Å². The maximum Gasteiger partial charge on any atom is 0.252 e. The van der Waals surface area contributed by atoms with Crippen molar-refractivity contribution in [1.29, 1.82) is 0 Å². The third kappa shape index (κ3) is 3.95. The SMILES string of the molecule is CNN(C)CC(F)F. The fraction of sp³-hybridized carbons (Fsp3) is 1.00. The van der Waals surface area contributed by atoms with Gasteiger partial charge in [-0.15, -0.1) is 0 Å². The van der Waals surface area contributed by atoms with Crippen LogP contribution in [0.15, 0.2) is 0 Å². The molecule has 0 saturated heterocycles. The lowest BCUT2D eigenvalue weighted by atomic mass is 10.7. The van der Waals surface area contributed by atoms with E-state index in [4.69, 9.17) is 0 Å². The number of alkyl halides is 2. The summed E-state index contributed by atoms with van der Waals surface area (Å²) in [5, 5.41) is 1.32. The lowest BCUT2D eigenvalue weighted by molar-refractivity contribution is 0.0824. The first-order valence-electron chi connectivity index (χ1n) is 2.33. The fourth-order valence-corrected chi connectivity index (χ4v) is 0.298. The Morgan fingerprint density at radius 3 is 2.25 bits per heavy atom. The Morgan fingerprint density at radius 2 is 2.12 bits per heavy atom. The van der Waals surface area contributed by atoms with Gasteiger partial charge in [-0.1, -0.05) is 0 Å². The quantitative estimate of drug-likeness (QED) is 0.545. The zero-order chi connectivity index (χ0) is 6.57. The number of hydrogen-bond donors (Lipinski definition) is 1. The Balaban J connectivity index is 3.10. The van der Waals surface area contributed by atoms with Gasteiger partial charge in [0.15, 0.2) is 0 Å². The summed E-state index contributed by atoms with van der Waals surface area (Å²) in [6.07, 6.45) is -2.26. The Hall–Kier alpha value is -0.220. The monoisotopic (exact) mass is 124 g/mol. The van der Waals surface area contributed by atoms with Crippen molar-refractivity contribution in [3.8, 4) is 0 Å². The van der Waals surface area contributed by atoms with Crippen LogP contribution in [0.25, 0.3) is 0 Å². The first kappa shape index (κ1) is 7.78. The van der Waals surface area contributed by atoms with Crippen molar-refractivity contribution < 1.29 is 8.78 Å².